The Kier molecular flexibility index (Phi) is 3.11. The van der Waals surface area contributed by atoms with E-state index in [1.54, 1.807) is 17.5 Å². The zero-order valence-electron chi connectivity index (χ0n) is 11.0. The van der Waals surface area contributed by atoms with E-state index < -0.39 is 0 Å². The van der Waals surface area contributed by atoms with Crippen LogP contribution >= 0.6 is 0 Å². The quantitative estimate of drug-likeness (QED) is 0.792. The number of aromatic nitrogens is 2. The Hall–Kier alpha value is -2.04. The van der Waals surface area contributed by atoms with Crippen molar-refractivity contribution in [2.45, 2.75) is 19.8 Å². The first kappa shape index (κ1) is 12.0. The van der Waals surface area contributed by atoms with Gasteiger partial charge in [-0.1, -0.05) is 0 Å². The lowest BCUT2D eigenvalue weighted by Gasteiger charge is -2.17. The van der Waals surface area contributed by atoms with Gasteiger partial charge in [-0.2, -0.15) is 0 Å². The van der Waals surface area contributed by atoms with Crippen LogP contribution in [0, 0.1) is 0 Å². The van der Waals surface area contributed by atoms with E-state index in [1.807, 2.05) is 18.3 Å². The van der Waals surface area contributed by atoms with Gasteiger partial charge in [-0.15, -0.1) is 0 Å². The van der Waals surface area contributed by atoms with Crippen LogP contribution in [0.4, 0.5) is 5.69 Å². The number of hydrogen-bond donors (Lipinski definition) is 0. The second-order valence-electron chi connectivity index (χ2n) is 4.67. The van der Waals surface area contributed by atoms with Gasteiger partial charge in [0.25, 0.3) is 0 Å². The molecule has 2 aromatic heterocycles. The fourth-order valence-corrected chi connectivity index (χ4v) is 2.50. The number of carbonyl (C=O) groups excluding carboxylic acids is 1. The number of hydrogen-bond acceptors (Lipinski definition) is 4. The van der Waals surface area contributed by atoms with E-state index in [9.17, 15) is 4.79 Å². The van der Waals surface area contributed by atoms with Crippen LogP contribution in [-0.2, 0) is 4.74 Å². The van der Waals surface area contributed by atoms with E-state index in [4.69, 9.17) is 4.74 Å². The van der Waals surface area contributed by atoms with Gasteiger partial charge in [0.2, 0.25) is 0 Å². The Balaban J connectivity index is 1.95. The first-order valence-electron chi connectivity index (χ1n) is 6.69. The molecule has 0 bridgehead atoms. The molecule has 1 fully saturated rings. The van der Waals surface area contributed by atoms with Gasteiger partial charge in [0, 0.05) is 31.0 Å². The van der Waals surface area contributed by atoms with Crippen molar-refractivity contribution in [2.24, 2.45) is 0 Å². The molecule has 0 atom stereocenters. The lowest BCUT2D eigenvalue weighted by Crippen LogP contribution is -2.17. The van der Waals surface area contributed by atoms with E-state index in [1.165, 1.54) is 18.5 Å². The van der Waals surface area contributed by atoms with Gasteiger partial charge in [-0.05, 0) is 25.8 Å². The predicted molar refractivity (Wildman–Crippen MR) is 72.6 cm³/mol. The first-order chi connectivity index (χ1) is 9.29. The van der Waals surface area contributed by atoms with Crippen LogP contribution < -0.4 is 4.90 Å². The van der Waals surface area contributed by atoms with Crippen LogP contribution in [0.25, 0.3) is 5.65 Å². The third-order valence-corrected chi connectivity index (χ3v) is 3.45. The van der Waals surface area contributed by atoms with E-state index in [0.29, 0.717) is 12.3 Å². The Morgan fingerprint density at radius 2 is 2.21 bits per heavy atom. The minimum absolute atomic E-state index is 0.330. The number of ether oxygens (including phenoxy) is 1. The molecule has 19 heavy (non-hydrogen) atoms. The molecule has 3 rings (SSSR count). The van der Waals surface area contributed by atoms with Crippen molar-refractivity contribution in [3.63, 3.8) is 0 Å². The van der Waals surface area contributed by atoms with Gasteiger partial charge < -0.3 is 9.64 Å². The Bertz CT molecular complexity index is 600. The molecule has 0 amide bonds. The van der Waals surface area contributed by atoms with Gasteiger partial charge in [-0.3, -0.25) is 4.40 Å². The third kappa shape index (κ3) is 2.16. The van der Waals surface area contributed by atoms with Crippen molar-refractivity contribution >= 4 is 17.3 Å². The number of fused-ring (bicyclic) bond motifs is 1. The normalized spacial score (nSPS) is 15.1. The Morgan fingerprint density at radius 3 is 2.95 bits per heavy atom. The number of pyridine rings is 1. The molecule has 5 nitrogen and oxygen atoms in total. The number of imidazole rings is 1. The molecule has 0 spiro atoms. The molecular formula is C14H17N3O2. The summed E-state index contributed by atoms with van der Waals surface area (Å²) in [6.45, 7) is 4.37. The second-order valence-corrected chi connectivity index (χ2v) is 4.67. The highest BCUT2D eigenvalue weighted by atomic mass is 16.5. The molecule has 0 saturated carbocycles. The summed E-state index contributed by atoms with van der Waals surface area (Å²) in [5, 5.41) is 0. The molecule has 1 saturated heterocycles. The maximum atomic E-state index is 11.8. The molecule has 1 aliphatic rings. The lowest BCUT2D eigenvalue weighted by atomic mass is 10.3. The van der Waals surface area contributed by atoms with Crippen molar-refractivity contribution in [3.8, 4) is 0 Å². The third-order valence-electron chi connectivity index (χ3n) is 3.45. The molecule has 0 aromatic carbocycles. The van der Waals surface area contributed by atoms with Gasteiger partial charge in [0.05, 0.1) is 12.8 Å². The van der Waals surface area contributed by atoms with E-state index in [0.717, 1.165) is 18.7 Å². The van der Waals surface area contributed by atoms with Crippen LogP contribution in [0.15, 0.2) is 24.5 Å². The van der Waals surface area contributed by atoms with Crippen molar-refractivity contribution in [2.75, 3.05) is 24.6 Å². The predicted octanol–water partition coefficient (Wildman–Crippen LogP) is 2.11. The number of rotatable bonds is 3. The molecule has 0 unspecified atom stereocenters. The molecule has 100 valence electrons. The van der Waals surface area contributed by atoms with Gasteiger partial charge in [0.15, 0.2) is 5.69 Å². The number of anilines is 1. The van der Waals surface area contributed by atoms with E-state index in [2.05, 4.69) is 9.88 Å². The van der Waals surface area contributed by atoms with Crippen molar-refractivity contribution < 1.29 is 9.53 Å². The molecule has 0 radical (unpaired) electrons. The lowest BCUT2D eigenvalue weighted by molar-refractivity contribution is 0.0518. The van der Waals surface area contributed by atoms with Crippen LogP contribution in [0.1, 0.15) is 30.3 Å². The highest BCUT2D eigenvalue weighted by molar-refractivity contribution is 5.88. The van der Waals surface area contributed by atoms with E-state index >= 15 is 0 Å². The minimum atomic E-state index is -0.330. The molecular weight excluding hydrogens is 242 g/mol. The topological polar surface area (TPSA) is 46.8 Å². The van der Waals surface area contributed by atoms with Crippen molar-refractivity contribution in [1.29, 1.82) is 0 Å². The van der Waals surface area contributed by atoms with Crippen molar-refractivity contribution in [1.82, 2.24) is 9.38 Å². The summed E-state index contributed by atoms with van der Waals surface area (Å²) < 4.78 is 6.79. The summed E-state index contributed by atoms with van der Waals surface area (Å²) in [6, 6.07) is 4.05. The molecule has 1 aliphatic heterocycles. The summed E-state index contributed by atoms with van der Waals surface area (Å²) in [5.41, 5.74) is 2.43. The number of nitrogens with zero attached hydrogens (tertiary/aromatic N) is 3. The maximum Gasteiger partial charge on any atom is 0.356 e. The highest BCUT2D eigenvalue weighted by Crippen LogP contribution is 2.22. The molecule has 2 aromatic rings. The van der Waals surface area contributed by atoms with Gasteiger partial charge in [-0.25, -0.2) is 9.78 Å². The molecule has 0 N–H and O–H groups in total. The minimum Gasteiger partial charge on any atom is -0.461 e. The van der Waals surface area contributed by atoms with Crippen LogP contribution in [0.3, 0.4) is 0 Å². The monoisotopic (exact) mass is 259 g/mol. The average Bonchev–Trinajstić information content (AvgIpc) is 3.07. The summed E-state index contributed by atoms with van der Waals surface area (Å²) in [4.78, 5) is 18.4. The van der Waals surface area contributed by atoms with Crippen LogP contribution in [0.5, 0.6) is 0 Å². The highest BCUT2D eigenvalue weighted by Gasteiger charge is 2.16. The standard InChI is InChI=1S/C14H17N3O2/c1-2-19-14(18)12-10-15-13-9-11(5-8-17(12)13)16-6-3-4-7-16/h5,8-10H,2-4,6-7H2,1H3. The van der Waals surface area contributed by atoms with Gasteiger partial charge in [0.1, 0.15) is 5.65 Å². The largest absolute Gasteiger partial charge is 0.461 e. The zero-order chi connectivity index (χ0) is 13.2. The SMILES string of the molecule is CCOC(=O)c1cnc2cc(N3CCCC3)ccn12. The Labute approximate surface area is 111 Å². The average molecular weight is 259 g/mol. The Morgan fingerprint density at radius 1 is 1.42 bits per heavy atom. The van der Waals surface area contributed by atoms with Crippen LogP contribution in [-0.4, -0.2) is 35.1 Å². The first-order valence-corrected chi connectivity index (χ1v) is 6.69. The fraction of sp³-hybridized carbons (Fsp3) is 0.429. The second kappa shape index (κ2) is 4.91. The molecule has 3 heterocycles. The number of carbonyl (C=O) groups is 1. The van der Waals surface area contributed by atoms with Gasteiger partial charge >= 0.3 is 5.97 Å². The fourth-order valence-electron chi connectivity index (χ4n) is 2.50. The molecule has 5 heteroatoms. The summed E-state index contributed by atoms with van der Waals surface area (Å²) in [5.74, 6) is -0.330. The van der Waals surface area contributed by atoms with E-state index in [-0.39, 0.29) is 5.97 Å². The number of esters is 1. The van der Waals surface area contributed by atoms with Crippen molar-refractivity contribution in [3.05, 3.63) is 30.2 Å². The maximum absolute atomic E-state index is 11.8. The molecule has 0 aliphatic carbocycles. The summed E-state index contributed by atoms with van der Waals surface area (Å²) in [6.07, 6.45) is 5.95. The zero-order valence-corrected chi connectivity index (χ0v) is 11.0. The smallest absolute Gasteiger partial charge is 0.356 e. The summed E-state index contributed by atoms with van der Waals surface area (Å²) in [7, 11) is 0. The summed E-state index contributed by atoms with van der Waals surface area (Å²) >= 11 is 0. The van der Waals surface area contributed by atoms with Crippen LogP contribution in [0.2, 0.25) is 0 Å².